The lowest BCUT2D eigenvalue weighted by atomic mass is 9.99. The maximum Gasteiger partial charge on any atom is 0.253 e. The molecule has 1 heterocycles. The van der Waals surface area contributed by atoms with E-state index in [4.69, 9.17) is 5.73 Å². The minimum atomic E-state index is 0.0976. The molecule has 2 aromatic carbocycles. The highest BCUT2D eigenvalue weighted by Gasteiger charge is 2.32. The second-order valence-electron chi connectivity index (χ2n) is 6.82. The Labute approximate surface area is 144 Å². The molecule has 1 aliphatic rings. The number of rotatable bonds is 4. The molecule has 126 valence electrons. The lowest BCUT2D eigenvalue weighted by Crippen LogP contribution is -2.32. The van der Waals surface area contributed by atoms with Crippen molar-refractivity contribution in [2.75, 3.05) is 13.1 Å². The van der Waals surface area contributed by atoms with Crippen LogP contribution in [0, 0.1) is 12.8 Å². The summed E-state index contributed by atoms with van der Waals surface area (Å²) in [6, 6.07) is 16.4. The highest BCUT2D eigenvalue weighted by molar-refractivity contribution is 5.95. The number of carbonyl (C=O) groups is 1. The summed E-state index contributed by atoms with van der Waals surface area (Å²) in [5.74, 6) is 0.533. The van der Waals surface area contributed by atoms with E-state index in [-0.39, 0.29) is 11.9 Å². The van der Waals surface area contributed by atoms with Crippen molar-refractivity contribution in [3.05, 3.63) is 59.7 Å². The molecule has 2 N–H and O–H groups in total. The van der Waals surface area contributed by atoms with Crippen LogP contribution in [0.3, 0.4) is 0 Å². The van der Waals surface area contributed by atoms with E-state index >= 15 is 0 Å². The van der Waals surface area contributed by atoms with Crippen LogP contribution in [-0.2, 0) is 0 Å². The maximum absolute atomic E-state index is 12.7. The van der Waals surface area contributed by atoms with Gasteiger partial charge in [-0.1, -0.05) is 49.7 Å². The molecular weight excluding hydrogens is 296 g/mol. The Kier molecular flexibility index (Phi) is 5.00. The molecule has 0 radical (unpaired) electrons. The summed E-state index contributed by atoms with van der Waals surface area (Å²) in [6.45, 7) is 5.73. The predicted molar refractivity (Wildman–Crippen MR) is 98.9 cm³/mol. The average Bonchev–Trinajstić information content (AvgIpc) is 2.96. The monoisotopic (exact) mass is 322 g/mol. The third-order valence-corrected chi connectivity index (χ3v) is 5.03. The number of aryl methyl sites for hydroxylation is 1. The van der Waals surface area contributed by atoms with Gasteiger partial charge in [0, 0.05) is 24.7 Å². The molecule has 2 aromatic rings. The highest BCUT2D eigenvalue weighted by atomic mass is 16.2. The number of benzene rings is 2. The van der Waals surface area contributed by atoms with Gasteiger partial charge in [-0.05, 0) is 48.1 Å². The summed E-state index contributed by atoms with van der Waals surface area (Å²) in [4.78, 5) is 14.6. The van der Waals surface area contributed by atoms with Gasteiger partial charge >= 0.3 is 0 Å². The van der Waals surface area contributed by atoms with Crippen LogP contribution in [0.25, 0.3) is 11.1 Å². The largest absolute Gasteiger partial charge is 0.337 e. The highest BCUT2D eigenvalue weighted by Crippen LogP contribution is 2.25. The fourth-order valence-electron chi connectivity index (χ4n) is 3.61. The van der Waals surface area contributed by atoms with E-state index in [2.05, 4.69) is 26.0 Å². The summed E-state index contributed by atoms with van der Waals surface area (Å²) in [5.41, 5.74) is 10.5. The second-order valence-corrected chi connectivity index (χ2v) is 6.82. The van der Waals surface area contributed by atoms with Crippen LogP contribution in [0.1, 0.15) is 35.7 Å². The molecule has 2 atom stereocenters. The van der Waals surface area contributed by atoms with Gasteiger partial charge in [0.2, 0.25) is 0 Å². The van der Waals surface area contributed by atoms with E-state index in [1.54, 1.807) is 0 Å². The minimum absolute atomic E-state index is 0.0976. The zero-order valence-corrected chi connectivity index (χ0v) is 14.5. The Morgan fingerprint density at radius 2 is 1.83 bits per heavy atom. The molecule has 0 aliphatic carbocycles. The van der Waals surface area contributed by atoms with E-state index in [0.29, 0.717) is 12.5 Å². The molecular formula is C21H26N2O. The molecule has 3 nitrogen and oxygen atoms in total. The predicted octanol–water partition coefficient (Wildman–Crippen LogP) is 3.86. The molecule has 0 bridgehead atoms. The topological polar surface area (TPSA) is 46.3 Å². The Morgan fingerprint density at radius 1 is 1.12 bits per heavy atom. The van der Waals surface area contributed by atoms with Gasteiger partial charge in [-0.15, -0.1) is 0 Å². The first-order chi connectivity index (χ1) is 11.6. The molecule has 0 aromatic heterocycles. The van der Waals surface area contributed by atoms with Gasteiger partial charge in [0.1, 0.15) is 0 Å². The van der Waals surface area contributed by atoms with Crippen molar-refractivity contribution in [3.63, 3.8) is 0 Å². The lowest BCUT2D eigenvalue weighted by Gasteiger charge is -2.16. The molecule has 3 heteroatoms. The van der Waals surface area contributed by atoms with Crippen LogP contribution in [0.5, 0.6) is 0 Å². The smallest absolute Gasteiger partial charge is 0.253 e. The molecule has 24 heavy (non-hydrogen) atoms. The molecule has 1 amide bonds. The van der Waals surface area contributed by atoms with E-state index < -0.39 is 0 Å². The van der Waals surface area contributed by atoms with E-state index in [9.17, 15) is 4.79 Å². The number of nitrogens with zero attached hydrogens (tertiary/aromatic N) is 1. The summed E-state index contributed by atoms with van der Waals surface area (Å²) < 4.78 is 0. The summed E-state index contributed by atoms with van der Waals surface area (Å²) >= 11 is 0. The van der Waals surface area contributed by atoms with Gasteiger partial charge in [-0.2, -0.15) is 0 Å². The molecule has 1 saturated heterocycles. The van der Waals surface area contributed by atoms with Crippen molar-refractivity contribution in [1.82, 2.24) is 4.90 Å². The van der Waals surface area contributed by atoms with Gasteiger partial charge in [-0.3, -0.25) is 4.79 Å². The third kappa shape index (κ3) is 3.36. The van der Waals surface area contributed by atoms with Gasteiger partial charge in [0.05, 0.1) is 0 Å². The van der Waals surface area contributed by atoms with E-state index in [0.717, 1.165) is 30.5 Å². The van der Waals surface area contributed by atoms with Crippen molar-refractivity contribution in [1.29, 1.82) is 0 Å². The molecule has 1 aliphatic heterocycles. The molecule has 0 spiro atoms. The van der Waals surface area contributed by atoms with Crippen LogP contribution in [-0.4, -0.2) is 29.9 Å². The summed E-state index contributed by atoms with van der Waals surface area (Å²) in [7, 11) is 0. The van der Waals surface area contributed by atoms with Crippen LogP contribution in [0.4, 0.5) is 0 Å². The van der Waals surface area contributed by atoms with Gasteiger partial charge < -0.3 is 10.6 Å². The first-order valence-electron chi connectivity index (χ1n) is 8.81. The van der Waals surface area contributed by atoms with Crippen LogP contribution in [0.2, 0.25) is 0 Å². The number of hydrogen-bond donors (Lipinski definition) is 1. The quantitative estimate of drug-likeness (QED) is 0.929. The Morgan fingerprint density at radius 3 is 2.50 bits per heavy atom. The van der Waals surface area contributed by atoms with Crippen LogP contribution < -0.4 is 5.73 Å². The first kappa shape index (κ1) is 16.7. The normalized spacial score (nSPS) is 20.4. The van der Waals surface area contributed by atoms with Crippen molar-refractivity contribution in [2.24, 2.45) is 11.7 Å². The summed E-state index contributed by atoms with van der Waals surface area (Å²) in [5, 5.41) is 0. The lowest BCUT2D eigenvalue weighted by molar-refractivity contribution is 0.0785. The van der Waals surface area contributed by atoms with E-state index in [1.807, 2.05) is 41.3 Å². The van der Waals surface area contributed by atoms with Crippen molar-refractivity contribution in [3.8, 4) is 11.1 Å². The van der Waals surface area contributed by atoms with Crippen LogP contribution >= 0.6 is 0 Å². The van der Waals surface area contributed by atoms with Crippen molar-refractivity contribution < 1.29 is 4.79 Å². The number of likely N-dealkylation sites (tertiary alicyclic amines) is 1. The van der Waals surface area contributed by atoms with Crippen molar-refractivity contribution in [2.45, 2.75) is 32.7 Å². The third-order valence-electron chi connectivity index (χ3n) is 5.03. The zero-order valence-electron chi connectivity index (χ0n) is 14.5. The number of nitrogens with two attached hydrogens (primary N) is 1. The number of hydrogen-bond acceptors (Lipinski definition) is 2. The first-order valence-corrected chi connectivity index (χ1v) is 8.81. The molecule has 0 unspecified atom stereocenters. The minimum Gasteiger partial charge on any atom is -0.337 e. The Balaban J connectivity index is 1.74. The Hall–Kier alpha value is -2.13. The van der Waals surface area contributed by atoms with Crippen LogP contribution in [0.15, 0.2) is 48.5 Å². The fourth-order valence-corrected chi connectivity index (χ4v) is 3.61. The second kappa shape index (κ2) is 7.18. The fraction of sp³-hybridized carbons (Fsp3) is 0.381. The van der Waals surface area contributed by atoms with E-state index in [1.165, 1.54) is 11.1 Å². The maximum atomic E-state index is 12.7. The van der Waals surface area contributed by atoms with Gasteiger partial charge in [-0.25, -0.2) is 0 Å². The standard InChI is InChI=1S/C21H26N2O/c1-3-6-18-13-23(14-20(18)22)21(24)17-11-9-16(10-12-17)19-8-5-4-7-15(19)2/h4-5,7-12,18,20H,3,6,13-14,22H2,1-2H3/t18-,20-/m1/s1. The molecule has 3 rings (SSSR count). The Bertz CT molecular complexity index is 708. The SMILES string of the molecule is CCC[C@@H]1CN(C(=O)c2ccc(-c3ccccc3C)cc2)C[C@H]1N. The summed E-state index contributed by atoms with van der Waals surface area (Å²) in [6.07, 6.45) is 2.21. The van der Waals surface area contributed by atoms with Crippen molar-refractivity contribution >= 4 is 5.91 Å². The van der Waals surface area contributed by atoms with Gasteiger partial charge in [0.15, 0.2) is 0 Å². The number of amides is 1. The molecule has 0 saturated carbocycles. The molecule has 1 fully saturated rings. The number of carbonyl (C=O) groups excluding carboxylic acids is 1. The average molecular weight is 322 g/mol. The zero-order chi connectivity index (χ0) is 17.1. The van der Waals surface area contributed by atoms with Gasteiger partial charge in [0.25, 0.3) is 5.91 Å².